The van der Waals surface area contributed by atoms with E-state index in [0.29, 0.717) is 5.02 Å². The highest BCUT2D eigenvalue weighted by molar-refractivity contribution is 7.90. The lowest BCUT2D eigenvalue weighted by Crippen LogP contribution is -1.98. The van der Waals surface area contributed by atoms with Gasteiger partial charge in [0.2, 0.25) is 0 Å². The Labute approximate surface area is 97.4 Å². The number of hydrogen-bond donors (Lipinski definition) is 0. The summed E-state index contributed by atoms with van der Waals surface area (Å²) in [7, 11) is -2.96. The van der Waals surface area contributed by atoms with Gasteiger partial charge in [-0.3, -0.25) is 0 Å². The zero-order valence-corrected chi connectivity index (χ0v) is 10.4. The average Bonchev–Trinajstić information content (AvgIpc) is 2.42. The monoisotopic (exact) mass is 260 g/mol. The van der Waals surface area contributed by atoms with E-state index in [2.05, 4.69) is 0 Å². The van der Waals surface area contributed by atoms with Gasteiger partial charge in [-0.15, -0.1) is 11.3 Å². The van der Waals surface area contributed by atoms with Crippen molar-refractivity contribution in [1.82, 2.24) is 0 Å². The Kier molecular flexibility index (Phi) is 2.75. The van der Waals surface area contributed by atoms with Crippen LogP contribution in [0.4, 0.5) is 0 Å². The predicted molar refractivity (Wildman–Crippen MR) is 65.4 cm³/mol. The standard InChI is InChI=1S/C10H9ClO2S2/c1-15(12,13)6-9-4-7-2-3-8(11)5-10(7)14-9/h2-5H,6H2,1H3. The topological polar surface area (TPSA) is 34.1 Å². The van der Waals surface area contributed by atoms with E-state index in [-0.39, 0.29) is 5.75 Å². The van der Waals surface area contributed by atoms with E-state index >= 15 is 0 Å². The van der Waals surface area contributed by atoms with Crippen molar-refractivity contribution in [3.05, 3.63) is 34.2 Å². The average molecular weight is 261 g/mol. The minimum atomic E-state index is -2.96. The summed E-state index contributed by atoms with van der Waals surface area (Å²) in [6.45, 7) is 0. The van der Waals surface area contributed by atoms with Gasteiger partial charge in [-0.05, 0) is 23.6 Å². The molecule has 0 saturated carbocycles. The Morgan fingerprint density at radius 3 is 2.73 bits per heavy atom. The minimum absolute atomic E-state index is 0.101. The zero-order valence-electron chi connectivity index (χ0n) is 8.03. The second kappa shape index (κ2) is 3.77. The fourth-order valence-electron chi connectivity index (χ4n) is 1.39. The van der Waals surface area contributed by atoms with Crippen molar-refractivity contribution in [2.75, 3.05) is 6.26 Å². The van der Waals surface area contributed by atoms with Crippen LogP contribution in [-0.2, 0) is 15.6 Å². The molecule has 0 spiro atoms. The van der Waals surface area contributed by atoms with Crippen LogP contribution in [0.5, 0.6) is 0 Å². The highest BCUT2D eigenvalue weighted by Gasteiger charge is 2.08. The van der Waals surface area contributed by atoms with Crippen molar-refractivity contribution in [2.24, 2.45) is 0 Å². The second-order valence-electron chi connectivity index (χ2n) is 3.46. The molecule has 2 nitrogen and oxygen atoms in total. The predicted octanol–water partition coefficient (Wildman–Crippen LogP) is 3.10. The minimum Gasteiger partial charge on any atom is -0.229 e. The molecule has 1 aromatic heterocycles. The first-order chi connectivity index (χ1) is 6.94. The molecule has 0 N–H and O–H groups in total. The van der Waals surface area contributed by atoms with Crippen LogP contribution in [0.25, 0.3) is 10.1 Å². The Balaban J connectivity index is 2.48. The lowest BCUT2D eigenvalue weighted by atomic mass is 10.2. The summed E-state index contributed by atoms with van der Waals surface area (Å²) in [5.41, 5.74) is 0. The SMILES string of the molecule is CS(=O)(=O)Cc1cc2ccc(Cl)cc2s1. The maximum Gasteiger partial charge on any atom is 0.152 e. The third-order valence-electron chi connectivity index (χ3n) is 1.94. The maximum absolute atomic E-state index is 11.1. The van der Waals surface area contributed by atoms with Gasteiger partial charge in [0.05, 0.1) is 5.75 Å². The van der Waals surface area contributed by atoms with Gasteiger partial charge in [0.25, 0.3) is 0 Å². The van der Waals surface area contributed by atoms with Gasteiger partial charge < -0.3 is 0 Å². The summed E-state index contributed by atoms with van der Waals surface area (Å²) < 4.78 is 23.3. The molecule has 1 aromatic carbocycles. The lowest BCUT2D eigenvalue weighted by molar-refractivity contribution is 0.601. The van der Waals surface area contributed by atoms with Gasteiger partial charge in [-0.2, -0.15) is 0 Å². The molecule has 0 aliphatic heterocycles. The molecule has 0 unspecified atom stereocenters. The maximum atomic E-state index is 11.1. The molecular formula is C10H9ClO2S2. The molecule has 2 aromatic rings. The van der Waals surface area contributed by atoms with Gasteiger partial charge in [0.1, 0.15) is 0 Å². The molecule has 0 bridgehead atoms. The van der Waals surface area contributed by atoms with Crippen LogP contribution in [0.3, 0.4) is 0 Å². The molecule has 80 valence electrons. The summed E-state index contributed by atoms with van der Waals surface area (Å²) in [4.78, 5) is 0.856. The van der Waals surface area contributed by atoms with E-state index in [0.717, 1.165) is 15.0 Å². The highest BCUT2D eigenvalue weighted by atomic mass is 35.5. The number of hydrogen-bond acceptors (Lipinski definition) is 3. The van der Waals surface area contributed by atoms with Crippen molar-refractivity contribution < 1.29 is 8.42 Å². The van der Waals surface area contributed by atoms with Crippen molar-refractivity contribution >= 4 is 42.9 Å². The third kappa shape index (κ3) is 2.71. The molecule has 0 aliphatic carbocycles. The van der Waals surface area contributed by atoms with Crippen molar-refractivity contribution in [1.29, 1.82) is 0 Å². The molecule has 0 fully saturated rings. The smallest absolute Gasteiger partial charge is 0.152 e. The number of fused-ring (bicyclic) bond motifs is 1. The number of benzene rings is 1. The van der Waals surface area contributed by atoms with Crippen LogP contribution >= 0.6 is 22.9 Å². The van der Waals surface area contributed by atoms with Crippen LogP contribution in [0.2, 0.25) is 5.02 Å². The van der Waals surface area contributed by atoms with E-state index in [1.54, 1.807) is 6.07 Å². The zero-order chi connectivity index (χ0) is 11.1. The Bertz CT molecular complexity index is 599. The second-order valence-corrected chi connectivity index (χ2v) is 7.21. The molecule has 0 radical (unpaired) electrons. The summed E-state index contributed by atoms with van der Waals surface area (Å²) >= 11 is 7.32. The van der Waals surface area contributed by atoms with Crippen molar-refractivity contribution in [3.63, 3.8) is 0 Å². The molecule has 1 heterocycles. The normalized spacial score (nSPS) is 12.1. The van der Waals surface area contributed by atoms with E-state index in [4.69, 9.17) is 11.6 Å². The Morgan fingerprint density at radius 1 is 1.33 bits per heavy atom. The lowest BCUT2D eigenvalue weighted by Gasteiger charge is -1.91. The van der Waals surface area contributed by atoms with Gasteiger partial charge in [0, 0.05) is 20.9 Å². The van der Waals surface area contributed by atoms with Gasteiger partial charge in [0.15, 0.2) is 9.84 Å². The Morgan fingerprint density at radius 2 is 2.07 bits per heavy atom. The fraction of sp³-hybridized carbons (Fsp3) is 0.200. The van der Waals surface area contributed by atoms with E-state index < -0.39 is 9.84 Å². The molecular weight excluding hydrogens is 252 g/mol. The van der Waals surface area contributed by atoms with E-state index in [1.165, 1.54) is 17.6 Å². The quantitative estimate of drug-likeness (QED) is 0.832. The van der Waals surface area contributed by atoms with E-state index in [1.807, 2.05) is 18.2 Å². The molecule has 0 aliphatic rings. The van der Waals surface area contributed by atoms with Gasteiger partial charge in [-0.25, -0.2) is 8.42 Å². The summed E-state index contributed by atoms with van der Waals surface area (Å²) in [6, 6.07) is 7.46. The fourth-order valence-corrected chi connectivity index (χ4v) is 4.00. The summed E-state index contributed by atoms with van der Waals surface area (Å²) in [6.07, 6.45) is 1.24. The van der Waals surface area contributed by atoms with Crippen LogP contribution in [-0.4, -0.2) is 14.7 Å². The first kappa shape index (κ1) is 10.9. The number of sulfone groups is 1. The van der Waals surface area contributed by atoms with Gasteiger partial charge >= 0.3 is 0 Å². The van der Waals surface area contributed by atoms with Crippen LogP contribution < -0.4 is 0 Å². The van der Waals surface area contributed by atoms with Crippen LogP contribution in [0.1, 0.15) is 4.88 Å². The van der Waals surface area contributed by atoms with E-state index in [9.17, 15) is 8.42 Å². The number of halogens is 1. The molecule has 0 amide bonds. The van der Waals surface area contributed by atoms with Crippen LogP contribution in [0, 0.1) is 0 Å². The summed E-state index contributed by atoms with van der Waals surface area (Å²) in [5, 5.41) is 1.72. The third-order valence-corrected chi connectivity index (χ3v) is 4.29. The molecule has 2 rings (SSSR count). The summed E-state index contributed by atoms with van der Waals surface area (Å²) in [5.74, 6) is 0.101. The number of thiophene rings is 1. The van der Waals surface area contributed by atoms with Crippen molar-refractivity contribution in [3.8, 4) is 0 Å². The molecule has 15 heavy (non-hydrogen) atoms. The van der Waals surface area contributed by atoms with Gasteiger partial charge in [-0.1, -0.05) is 17.7 Å². The van der Waals surface area contributed by atoms with Crippen LogP contribution in [0.15, 0.2) is 24.3 Å². The largest absolute Gasteiger partial charge is 0.229 e. The molecule has 5 heteroatoms. The number of rotatable bonds is 2. The first-order valence-electron chi connectivity index (χ1n) is 4.30. The van der Waals surface area contributed by atoms with Crippen molar-refractivity contribution in [2.45, 2.75) is 5.75 Å². The first-order valence-corrected chi connectivity index (χ1v) is 7.55. The molecule has 0 saturated heterocycles. The highest BCUT2D eigenvalue weighted by Crippen LogP contribution is 2.29. The molecule has 0 atom stereocenters. The Hall–Kier alpha value is -0.580.